The molecule has 1 aliphatic rings. The molecule has 0 unspecified atom stereocenters. The Balaban J connectivity index is 1.36. The van der Waals surface area contributed by atoms with Gasteiger partial charge >= 0.3 is 0 Å². The molecule has 0 saturated carbocycles. The summed E-state index contributed by atoms with van der Waals surface area (Å²) in [6.45, 7) is 2.79. The second kappa shape index (κ2) is 10.6. The molecule has 0 aliphatic carbocycles. The van der Waals surface area contributed by atoms with E-state index in [0.717, 1.165) is 77.5 Å². The van der Waals surface area contributed by atoms with Gasteiger partial charge in [-0.15, -0.1) is 0 Å². The van der Waals surface area contributed by atoms with E-state index >= 15 is 0 Å². The number of pyridine rings is 3. The first-order chi connectivity index (χ1) is 18.6. The van der Waals surface area contributed by atoms with Gasteiger partial charge in [0.25, 0.3) is 0 Å². The van der Waals surface area contributed by atoms with E-state index in [1.165, 1.54) is 0 Å². The molecule has 0 bridgehead atoms. The van der Waals surface area contributed by atoms with Crippen LogP contribution in [0.1, 0.15) is 12.8 Å². The van der Waals surface area contributed by atoms with E-state index in [0.29, 0.717) is 23.9 Å². The number of piperidine rings is 1. The van der Waals surface area contributed by atoms with Crippen LogP contribution in [0, 0.1) is 17.6 Å². The Morgan fingerprint density at radius 2 is 1.71 bits per heavy atom. The zero-order valence-corrected chi connectivity index (χ0v) is 20.7. The number of rotatable bonds is 6. The number of halogens is 2. The van der Waals surface area contributed by atoms with Gasteiger partial charge in [0.1, 0.15) is 17.4 Å². The van der Waals surface area contributed by atoms with Gasteiger partial charge in [-0.25, -0.2) is 18.7 Å². The lowest BCUT2D eigenvalue weighted by Gasteiger charge is -2.22. The third-order valence-electron chi connectivity index (χ3n) is 6.95. The van der Waals surface area contributed by atoms with E-state index in [2.05, 4.69) is 20.3 Å². The van der Waals surface area contributed by atoms with Crippen LogP contribution in [-0.4, -0.2) is 34.6 Å². The number of aromatic nitrogens is 3. The van der Waals surface area contributed by atoms with Gasteiger partial charge in [-0.2, -0.15) is 0 Å². The fourth-order valence-electron chi connectivity index (χ4n) is 4.90. The lowest BCUT2D eigenvalue weighted by molar-refractivity contribution is 0.215. The van der Waals surface area contributed by atoms with E-state index in [4.69, 9.17) is 4.74 Å². The highest BCUT2D eigenvalue weighted by molar-refractivity contribution is 5.95. The maximum atomic E-state index is 14.6. The third-order valence-corrected chi connectivity index (χ3v) is 6.95. The van der Waals surface area contributed by atoms with E-state index in [1.54, 1.807) is 18.5 Å². The average Bonchev–Trinajstić information content (AvgIpc) is 2.97. The van der Waals surface area contributed by atoms with Crippen LogP contribution >= 0.6 is 0 Å². The zero-order chi connectivity index (χ0) is 25.9. The average molecular weight is 509 g/mol. The van der Waals surface area contributed by atoms with Crippen LogP contribution < -0.4 is 10.1 Å². The van der Waals surface area contributed by atoms with Gasteiger partial charge in [0.15, 0.2) is 5.65 Å². The number of hydrogen-bond acceptors (Lipinski definition) is 5. The van der Waals surface area contributed by atoms with Gasteiger partial charge in [-0.05, 0) is 97.6 Å². The lowest BCUT2D eigenvalue weighted by Crippen LogP contribution is -2.30. The van der Waals surface area contributed by atoms with E-state index in [9.17, 15) is 8.78 Å². The number of fused-ring (bicyclic) bond motifs is 1. The fourth-order valence-corrected chi connectivity index (χ4v) is 4.90. The van der Waals surface area contributed by atoms with Crippen molar-refractivity contribution in [1.29, 1.82) is 0 Å². The molecule has 5 aromatic rings. The summed E-state index contributed by atoms with van der Waals surface area (Å²) >= 11 is 0. The number of benzene rings is 2. The number of nitrogens with zero attached hydrogens (tertiary/aromatic N) is 3. The van der Waals surface area contributed by atoms with Crippen molar-refractivity contribution in [3.05, 3.63) is 97.0 Å². The molecule has 2 aromatic carbocycles. The molecule has 1 N–H and O–H groups in total. The summed E-state index contributed by atoms with van der Waals surface area (Å²) in [5, 5.41) is 4.18. The van der Waals surface area contributed by atoms with Gasteiger partial charge < -0.3 is 10.1 Å². The van der Waals surface area contributed by atoms with Crippen LogP contribution in [0.15, 0.2) is 85.3 Å². The first kappa shape index (κ1) is 24.1. The predicted octanol–water partition coefficient (Wildman–Crippen LogP) is 6.68. The Labute approximate surface area is 219 Å². The van der Waals surface area contributed by atoms with Crippen LogP contribution in [0.2, 0.25) is 0 Å². The van der Waals surface area contributed by atoms with Crippen molar-refractivity contribution in [3.8, 4) is 39.3 Å². The summed E-state index contributed by atoms with van der Waals surface area (Å²) in [4.78, 5) is 13.4. The minimum absolute atomic E-state index is 0.0847. The smallest absolute Gasteiger partial charge is 0.160 e. The fraction of sp³-hybridized carbons (Fsp3) is 0.194. The van der Waals surface area contributed by atoms with Gasteiger partial charge in [0, 0.05) is 40.7 Å². The minimum Gasteiger partial charge on any atom is -0.493 e. The molecule has 7 heteroatoms. The minimum atomic E-state index is -0.548. The molecule has 5 nitrogen and oxygen atoms in total. The molecule has 190 valence electrons. The number of hydrogen-bond donors (Lipinski definition) is 1. The summed E-state index contributed by atoms with van der Waals surface area (Å²) < 4.78 is 34.7. The Morgan fingerprint density at radius 1 is 0.842 bits per heavy atom. The van der Waals surface area contributed by atoms with Crippen molar-refractivity contribution in [2.45, 2.75) is 12.8 Å². The van der Waals surface area contributed by atoms with Gasteiger partial charge in [0.05, 0.1) is 12.3 Å². The molecule has 3 aromatic heterocycles. The summed E-state index contributed by atoms with van der Waals surface area (Å²) in [6.07, 6.45) is 7.46. The topological polar surface area (TPSA) is 59.9 Å². The molecule has 0 radical (unpaired) electrons. The third kappa shape index (κ3) is 5.10. The molecule has 0 amide bonds. The molecular weight excluding hydrogens is 482 g/mol. The molecule has 1 fully saturated rings. The molecule has 0 spiro atoms. The van der Waals surface area contributed by atoms with Crippen LogP contribution in [0.3, 0.4) is 0 Å². The molecule has 1 saturated heterocycles. The van der Waals surface area contributed by atoms with E-state index in [-0.39, 0.29) is 5.56 Å². The van der Waals surface area contributed by atoms with Crippen molar-refractivity contribution in [2.24, 2.45) is 5.92 Å². The largest absolute Gasteiger partial charge is 0.493 e. The summed E-state index contributed by atoms with van der Waals surface area (Å²) in [6, 6.07) is 18.9. The number of ether oxygens (including phenoxy) is 1. The quantitative estimate of drug-likeness (QED) is 0.277. The van der Waals surface area contributed by atoms with Crippen LogP contribution in [0.25, 0.3) is 44.5 Å². The molecular formula is C31H26F2N4O. The van der Waals surface area contributed by atoms with Crippen molar-refractivity contribution < 1.29 is 13.5 Å². The second-order valence-electron chi connectivity index (χ2n) is 9.55. The summed E-state index contributed by atoms with van der Waals surface area (Å²) in [7, 11) is 0. The zero-order valence-electron chi connectivity index (χ0n) is 20.7. The first-order valence-corrected chi connectivity index (χ1v) is 12.7. The van der Waals surface area contributed by atoms with E-state index in [1.807, 2.05) is 48.7 Å². The van der Waals surface area contributed by atoms with Crippen molar-refractivity contribution in [3.63, 3.8) is 0 Å². The van der Waals surface area contributed by atoms with Crippen molar-refractivity contribution in [1.82, 2.24) is 20.3 Å². The molecule has 38 heavy (non-hydrogen) atoms. The monoisotopic (exact) mass is 508 g/mol. The lowest BCUT2D eigenvalue weighted by atomic mass is 9.98. The van der Waals surface area contributed by atoms with Gasteiger partial charge in [-0.1, -0.05) is 12.1 Å². The maximum Gasteiger partial charge on any atom is 0.160 e. The van der Waals surface area contributed by atoms with Crippen LogP contribution in [-0.2, 0) is 0 Å². The predicted molar refractivity (Wildman–Crippen MR) is 145 cm³/mol. The Hall–Kier alpha value is -4.23. The molecule has 1 aliphatic heterocycles. The van der Waals surface area contributed by atoms with E-state index < -0.39 is 11.6 Å². The van der Waals surface area contributed by atoms with Crippen LogP contribution in [0.4, 0.5) is 8.78 Å². The summed E-state index contributed by atoms with van der Waals surface area (Å²) in [5.74, 6) is 0.314. The second-order valence-corrected chi connectivity index (χ2v) is 9.55. The van der Waals surface area contributed by atoms with Crippen molar-refractivity contribution in [2.75, 3.05) is 19.7 Å². The Morgan fingerprint density at radius 3 is 2.61 bits per heavy atom. The first-order valence-electron chi connectivity index (χ1n) is 12.7. The highest BCUT2D eigenvalue weighted by atomic mass is 19.1. The van der Waals surface area contributed by atoms with Crippen molar-refractivity contribution >= 4 is 11.0 Å². The highest BCUT2D eigenvalue weighted by Gasteiger charge is 2.16. The highest BCUT2D eigenvalue weighted by Crippen LogP contribution is 2.34. The molecule has 0 atom stereocenters. The maximum absolute atomic E-state index is 14.6. The standard InChI is InChI=1S/C31H26F2N4O/c32-24-6-7-29(33)28(15-24)30-16-27(26-5-2-10-36-31(26)37-30)23-13-22(17-35-18-23)21-3-1-4-25(14-21)38-19-20-8-11-34-12-9-20/h1-7,10,13-18,20,34H,8-9,11-12,19H2. The van der Waals surface area contributed by atoms with Crippen LogP contribution in [0.5, 0.6) is 5.75 Å². The Kier molecular flexibility index (Phi) is 6.75. The molecule has 4 heterocycles. The number of nitrogens with one attached hydrogen (secondary N) is 1. The summed E-state index contributed by atoms with van der Waals surface area (Å²) in [5.41, 5.74) is 4.35. The Bertz CT molecular complexity index is 1600. The molecule has 6 rings (SSSR count). The SMILES string of the molecule is Fc1ccc(F)c(-c2cc(-c3cncc(-c4cccc(OCC5CCNCC5)c4)c3)c3cccnc3n2)c1. The van der Waals surface area contributed by atoms with Gasteiger partial charge in [-0.3, -0.25) is 4.98 Å². The van der Waals surface area contributed by atoms with Gasteiger partial charge in [0.2, 0.25) is 0 Å². The normalized spacial score (nSPS) is 14.1.